The van der Waals surface area contributed by atoms with Crippen molar-refractivity contribution in [3.8, 4) is 5.75 Å². The van der Waals surface area contributed by atoms with E-state index in [-0.39, 0.29) is 6.54 Å². The molecule has 0 aliphatic heterocycles. The predicted octanol–water partition coefficient (Wildman–Crippen LogP) is 2.16. The lowest BCUT2D eigenvalue weighted by atomic mass is 10.1. The second kappa shape index (κ2) is 9.47. The van der Waals surface area contributed by atoms with Crippen LogP contribution >= 0.6 is 0 Å². The Morgan fingerprint density at radius 1 is 0.840 bits per heavy atom. The third-order valence-electron chi connectivity index (χ3n) is 3.79. The van der Waals surface area contributed by atoms with Gasteiger partial charge in [-0.25, -0.2) is 0 Å². The summed E-state index contributed by atoms with van der Waals surface area (Å²) < 4.78 is 5.69. The van der Waals surface area contributed by atoms with Crippen LogP contribution in [0.2, 0.25) is 0 Å². The van der Waals surface area contributed by atoms with Crippen molar-refractivity contribution in [1.82, 2.24) is 10.6 Å². The molecular weight excluding hydrogens is 316 g/mol. The van der Waals surface area contributed by atoms with E-state index < -0.39 is 11.8 Å². The Balaban J connectivity index is 1.65. The van der Waals surface area contributed by atoms with Crippen molar-refractivity contribution in [2.75, 3.05) is 19.7 Å². The van der Waals surface area contributed by atoms with E-state index in [4.69, 9.17) is 4.74 Å². The molecule has 0 radical (unpaired) electrons. The molecule has 0 bridgehead atoms. The standard InChI is InChI=1S/C20H24N2O3/c1-15-7-6-8-16(2)18(15)25-14-13-22-20(24)19(23)21-12-11-17-9-4-3-5-10-17/h3-10H,11-14H2,1-2H3,(H,21,23)(H,22,24). The molecule has 2 amide bonds. The molecule has 132 valence electrons. The van der Waals surface area contributed by atoms with Gasteiger partial charge in [-0.05, 0) is 37.0 Å². The number of carbonyl (C=O) groups is 2. The lowest BCUT2D eigenvalue weighted by Gasteiger charge is -2.12. The highest BCUT2D eigenvalue weighted by Gasteiger charge is 2.12. The summed E-state index contributed by atoms with van der Waals surface area (Å²) in [6.45, 7) is 4.96. The third-order valence-corrected chi connectivity index (χ3v) is 3.79. The van der Waals surface area contributed by atoms with E-state index in [0.29, 0.717) is 19.6 Å². The van der Waals surface area contributed by atoms with Crippen molar-refractivity contribution >= 4 is 11.8 Å². The Hall–Kier alpha value is -2.82. The molecule has 0 atom stereocenters. The number of carbonyl (C=O) groups excluding carboxylic acids is 2. The second-order valence-corrected chi connectivity index (χ2v) is 5.82. The largest absolute Gasteiger partial charge is 0.491 e. The Kier molecular flexibility index (Phi) is 7.01. The fraction of sp³-hybridized carbons (Fsp3) is 0.300. The summed E-state index contributed by atoms with van der Waals surface area (Å²) >= 11 is 0. The van der Waals surface area contributed by atoms with Gasteiger partial charge in [0, 0.05) is 6.54 Å². The maximum absolute atomic E-state index is 11.8. The number of benzene rings is 2. The average Bonchev–Trinajstić information content (AvgIpc) is 2.61. The minimum atomic E-state index is -0.641. The van der Waals surface area contributed by atoms with Crippen LogP contribution in [-0.2, 0) is 16.0 Å². The molecule has 0 spiro atoms. The van der Waals surface area contributed by atoms with Gasteiger partial charge in [-0.2, -0.15) is 0 Å². The van der Waals surface area contributed by atoms with Crippen molar-refractivity contribution in [2.24, 2.45) is 0 Å². The summed E-state index contributed by atoms with van der Waals surface area (Å²) in [7, 11) is 0. The van der Waals surface area contributed by atoms with Gasteiger partial charge in [0.15, 0.2) is 0 Å². The van der Waals surface area contributed by atoms with E-state index in [1.54, 1.807) is 0 Å². The number of rotatable bonds is 7. The molecule has 5 heteroatoms. The van der Waals surface area contributed by atoms with Gasteiger partial charge < -0.3 is 15.4 Å². The number of amides is 2. The molecule has 2 aromatic rings. The summed E-state index contributed by atoms with van der Waals surface area (Å²) in [6, 6.07) is 15.7. The number of para-hydroxylation sites is 1. The molecule has 0 saturated carbocycles. The van der Waals surface area contributed by atoms with Crippen molar-refractivity contribution in [2.45, 2.75) is 20.3 Å². The van der Waals surface area contributed by atoms with Crippen LogP contribution in [0, 0.1) is 13.8 Å². The first-order chi connectivity index (χ1) is 12.1. The van der Waals surface area contributed by atoms with Crippen molar-refractivity contribution in [3.05, 3.63) is 65.2 Å². The van der Waals surface area contributed by atoms with E-state index >= 15 is 0 Å². The molecule has 0 fully saturated rings. The van der Waals surface area contributed by atoms with Gasteiger partial charge in [0.25, 0.3) is 0 Å². The summed E-state index contributed by atoms with van der Waals surface area (Å²) in [5, 5.41) is 5.18. The minimum Gasteiger partial charge on any atom is -0.491 e. The van der Waals surface area contributed by atoms with E-state index in [1.165, 1.54) is 0 Å². The molecule has 2 N–H and O–H groups in total. The Bertz CT molecular complexity index is 694. The SMILES string of the molecule is Cc1cccc(C)c1OCCNC(=O)C(=O)NCCc1ccccc1. The highest BCUT2D eigenvalue weighted by atomic mass is 16.5. The monoisotopic (exact) mass is 340 g/mol. The fourth-order valence-corrected chi connectivity index (χ4v) is 2.47. The van der Waals surface area contributed by atoms with Crippen LogP contribution in [0.25, 0.3) is 0 Å². The average molecular weight is 340 g/mol. The smallest absolute Gasteiger partial charge is 0.309 e. The highest BCUT2D eigenvalue weighted by molar-refractivity contribution is 6.35. The molecule has 0 aromatic heterocycles. The maximum Gasteiger partial charge on any atom is 0.309 e. The van der Waals surface area contributed by atoms with E-state index in [0.717, 1.165) is 22.4 Å². The molecule has 0 aliphatic carbocycles. The van der Waals surface area contributed by atoms with Gasteiger partial charge in [-0.3, -0.25) is 9.59 Å². The fourth-order valence-electron chi connectivity index (χ4n) is 2.47. The van der Waals surface area contributed by atoms with Gasteiger partial charge in [-0.15, -0.1) is 0 Å². The van der Waals surface area contributed by atoms with E-state index in [1.807, 2.05) is 62.4 Å². The molecule has 2 rings (SSSR count). The predicted molar refractivity (Wildman–Crippen MR) is 97.6 cm³/mol. The summed E-state index contributed by atoms with van der Waals surface area (Å²) in [5.41, 5.74) is 3.21. The van der Waals surface area contributed by atoms with Crippen LogP contribution in [0.3, 0.4) is 0 Å². The normalized spacial score (nSPS) is 10.2. The number of aryl methyl sites for hydroxylation is 2. The number of nitrogens with one attached hydrogen (secondary N) is 2. The maximum atomic E-state index is 11.8. The molecule has 5 nitrogen and oxygen atoms in total. The van der Waals surface area contributed by atoms with Gasteiger partial charge in [0.05, 0.1) is 6.54 Å². The van der Waals surface area contributed by atoms with Crippen LogP contribution in [-0.4, -0.2) is 31.5 Å². The Labute approximate surface area is 148 Å². The summed E-state index contributed by atoms with van der Waals surface area (Å²) in [6.07, 6.45) is 0.690. The van der Waals surface area contributed by atoms with Gasteiger partial charge in [0.2, 0.25) is 0 Å². The third kappa shape index (κ3) is 5.95. The molecule has 0 unspecified atom stereocenters. The first-order valence-electron chi connectivity index (χ1n) is 8.37. The van der Waals surface area contributed by atoms with Gasteiger partial charge in [0.1, 0.15) is 12.4 Å². The van der Waals surface area contributed by atoms with Crippen molar-refractivity contribution < 1.29 is 14.3 Å². The molecule has 0 saturated heterocycles. The highest BCUT2D eigenvalue weighted by Crippen LogP contribution is 2.21. The van der Waals surface area contributed by atoms with Gasteiger partial charge in [-0.1, -0.05) is 48.5 Å². The Morgan fingerprint density at radius 2 is 1.44 bits per heavy atom. The summed E-state index contributed by atoms with van der Waals surface area (Å²) in [5.74, 6) is -0.440. The molecule has 0 heterocycles. The molecule has 2 aromatic carbocycles. The zero-order chi connectivity index (χ0) is 18.1. The van der Waals surface area contributed by atoms with Crippen LogP contribution in [0.1, 0.15) is 16.7 Å². The van der Waals surface area contributed by atoms with Crippen LogP contribution in [0.5, 0.6) is 5.75 Å². The first-order valence-corrected chi connectivity index (χ1v) is 8.37. The van der Waals surface area contributed by atoms with Crippen molar-refractivity contribution in [1.29, 1.82) is 0 Å². The number of ether oxygens (including phenoxy) is 1. The lowest BCUT2D eigenvalue weighted by molar-refractivity contribution is -0.139. The molecule has 25 heavy (non-hydrogen) atoms. The topological polar surface area (TPSA) is 67.4 Å². The minimum absolute atomic E-state index is 0.277. The van der Waals surface area contributed by atoms with E-state index in [9.17, 15) is 9.59 Å². The number of hydrogen-bond acceptors (Lipinski definition) is 3. The van der Waals surface area contributed by atoms with Crippen LogP contribution in [0.15, 0.2) is 48.5 Å². The molecule has 0 aliphatic rings. The van der Waals surface area contributed by atoms with Crippen molar-refractivity contribution in [3.63, 3.8) is 0 Å². The summed E-state index contributed by atoms with van der Waals surface area (Å²) in [4.78, 5) is 23.5. The number of hydrogen-bond donors (Lipinski definition) is 2. The zero-order valence-electron chi connectivity index (χ0n) is 14.7. The zero-order valence-corrected chi connectivity index (χ0v) is 14.7. The Morgan fingerprint density at radius 3 is 2.08 bits per heavy atom. The quantitative estimate of drug-likeness (QED) is 0.599. The molecular formula is C20H24N2O3. The van der Waals surface area contributed by atoms with E-state index in [2.05, 4.69) is 10.6 Å². The van der Waals surface area contributed by atoms with Gasteiger partial charge >= 0.3 is 11.8 Å². The lowest BCUT2D eigenvalue weighted by Crippen LogP contribution is -2.42. The first kappa shape index (κ1) is 18.5. The second-order valence-electron chi connectivity index (χ2n) is 5.82. The van der Waals surface area contributed by atoms with Crippen LogP contribution < -0.4 is 15.4 Å². The van der Waals surface area contributed by atoms with Crippen LogP contribution in [0.4, 0.5) is 0 Å².